The summed E-state index contributed by atoms with van der Waals surface area (Å²) in [6.45, 7) is 11.2. The molecule has 1 aromatic carbocycles. The van der Waals surface area contributed by atoms with E-state index >= 15 is 0 Å². The predicted octanol–water partition coefficient (Wildman–Crippen LogP) is 2.91. The van der Waals surface area contributed by atoms with Crippen LogP contribution in [0.3, 0.4) is 0 Å². The Hall–Kier alpha value is -1.59. The lowest BCUT2D eigenvalue weighted by molar-refractivity contribution is -0.135. The van der Waals surface area contributed by atoms with Gasteiger partial charge in [-0.25, -0.2) is 0 Å². The van der Waals surface area contributed by atoms with Gasteiger partial charge in [-0.05, 0) is 24.3 Å². The minimum absolute atomic E-state index is 0.0588. The van der Waals surface area contributed by atoms with Gasteiger partial charge >= 0.3 is 0 Å². The Balaban J connectivity index is 2.14. The highest BCUT2D eigenvalue weighted by Gasteiger charge is 2.26. The van der Waals surface area contributed by atoms with E-state index < -0.39 is 6.10 Å². The van der Waals surface area contributed by atoms with E-state index in [0.29, 0.717) is 31.6 Å². The van der Waals surface area contributed by atoms with Crippen LogP contribution in [0.1, 0.15) is 45.7 Å². The van der Waals surface area contributed by atoms with Gasteiger partial charge in [0.2, 0.25) is 0 Å². The first-order valence-corrected chi connectivity index (χ1v) is 9.31. The lowest BCUT2D eigenvalue weighted by Gasteiger charge is -2.28. The third kappa shape index (κ3) is 6.33. The molecule has 1 aromatic rings. The Bertz CT molecular complexity index is 539. The molecule has 2 N–H and O–H groups in total. The fourth-order valence-corrected chi connectivity index (χ4v) is 2.89. The van der Waals surface area contributed by atoms with Crippen LogP contribution < -0.4 is 15.4 Å². The summed E-state index contributed by atoms with van der Waals surface area (Å²) < 4.78 is 11.6. The van der Waals surface area contributed by atoms with E-state index in [4.69, 9.17) is 9.47 Å². The molecular formula is C20H32N2O3. The monoisotopic (exact) mass is 348 g/mol. The van der Waals surface area contributed by atoms with Crippen molar-refractivity contribution in [2.24, 2.45) is 11.8 Å². The zero-order valence-corrected chi connectivity index (χ0v) is 15.9. The zero-order chi connectivity index (χ0) is 18.2. The van der Waals surface area contributed by atoms with Crippen molar-refractivity contribution in [3.8, 4) is 5.75 Å². The van der Waals surface area contributed by atoms with Crippen LogP contribution in [-0.4, -0.2) is 38.3 Å². The standard InChI is InChI=1S/C20H32N2O3/c1-14(2)11-17(22-20(23)19-12-21-9-10-24-19)16-7-5-6-8-18(16)25-13-15(3)4/h5-8,14-15,17,19,21H,9-13H2,1-4H3,(H,22,23). The van der Waals surface area contributed by atoms with Crippen LogP contribution in [0.25, 0.3) is 0 Å². The van der Waals surface area contributed by atoms with Crippen molar-refractivity contribution in [1.29, 1.82) is 0 Å². The van der Waals surface area contributed by atoms with Gasteiger partial charge < -0.3 is 20.1 Å². The van der Waals surface area contributed by atoms with Crippen molar-refractivity contribution in [2.75, 3.05) is 26.3 Å². The molecule has 2 unspecified atom stereocenters. The molecule has 0 saturated carbocycles. The highest BCUT2D eigenvalue weighted by molar-refractivity contribution is 5.81. The first-order valence-electron chi connectivity index (χ1n) is 9.31. The molecule has 1 amide bonds. The van der Waals surface area contributed by atoms with Gasteiger partial charge in [-0.1, -0.05) is 45.9 Å². The largest absolute Gasteiger partial charge is 0.493 e. The van der Waals surface area contributed by atoms with E-state index in [-0.39, 0.29) is 11.9 Å². The van der Waals surface area contributed by atoms with Crippen molar-refractivity contribution in [2.45, 2.75) is 46.3 Å². The van der Waals surface area contributed by atoms with Crippen LogP contribution in [-0.2, 0) is 9.53 Å². The molecule has 1 aliphatic heterocycles. The SMILES string of the molecule is CC(C)COc1ccccc1C(CC(C)C)NC(=O)C1CNCCO1. The minimum atomic E-state index is -0.424. The molecule has 0 aromatic heterocycles. The lowest BCUT2D eigenvalue weighted by Crippen LogP contribution is -2.48. The quantitative estimate of drug-likeness (QED) is 0.758. The molecule has 1 saturated heterocycles. The molecule has 0 spiro atoms. The first kappa shape index (κ1) is 19.7. The highest BCUT2D eigenvalue weighted by Crippen LogP contribution is 2.30. The molecule has 1 fully saturated rings. The van der Waals surface area contributed by atoms with Gasteiger partial charge in [-0.3, -0.25) is 4.79 Å². The van der Waals surface area contributed by atoms with Gasteiger partial charge in [0, 0.05) is 18.7 Å². The van der Waals surface area contributed by atoms with E-state index in [1.807, 2.05) is 24.3 Å². The maximum Gasteiger partial charge on any atom is 0.250 e. The number of benzene rings is 1. The molecule has 1 aliphatic rings. The van der Waals surface area contributed by atoms with Gasteiger partial charge in [0.05, 0.1) is 19.3 Å². The minimum Gasteiger partial charge on any atom is -0.493 e. The maximum absolute atomic E-state index is 12.6. The summed E-state index contributed by atoms with van der Waals surface area (Å²) in [5, 5.41) is 6.38. The Morgan fingerprint density at radius 3 is 2.68 bits per heavy atom. The van der Waals surface area contributed by atoms with Gasteiger partial charge in [0.15, 0.2) is 0 Å². The second-order valence-electron chi connectivity index (χ2n) is 7.50. The Kier molecular flexibility index (Phi) is 7.72. The molecule has 25 heavy (non-hydrogen) atoms. The lowest BCUT2D eigenvalue weighted by atomic mass is 9.96. The Morgan fingerprint density at radius 2 is 2.04 bits per heavy atom. The van der Waals surface area contributed by atoms with Crippen LogP contribution >= 0.6 is 0 Å². The molecule has 2 atom stereocenters. The molecule has 1 heterocycles. The Morgan fingerprint density at radius 1 is 1.28 bits per heavy atom. The average Bonchev–Trinajstić information content (AvgIpc) is 2.60. The van der Waals surface area contributed by atoms with Gasteiger partial charge in [0.1, 0.15) is 11.9 Å². The Labute approximate surface area is 151 Å². The second-order valence-corrected chi connectivity index (χ2v) is 7.50. The number of ether oxygens (including phenoxy) is 2. The number of carbonyl (C=O) groups excluding carboxylic acids is 1. The topological polar surface area (TPSA) is 59.6 Å². The van der Waals surface area contributed by atoms with Crippen LogP contribution in [0, 0.1) is 11.8 Å². The van der Waals surface area contributed by atoms with Gasteiger partial charge in [0.25, 0.3) is 5.91 Å². The maximum atomic E-state index is 12.6. The fourth-order valence-electron chi connectivity index (χ4n) is 2.89. The van der Waals surface area contributed by atoms with Crippen LogP contribution in [0.5, 0.6) is 5.75 Å². The van der Waals surface area contributed by atoms with Crippen LogP contribution in [0.4, 0.5) is 0 Å². The van der Waals surface area contributed by atoms with E-state index in [2.05, 4.69) is 38.3 Å². The second kappa shape index (κ2) is 9.78. The number of nitrogens with one attached hydrogen (secondary N) is 2. The summed E-state index contributed by atoms with van der Waals surface area (Å²) in [6.07, 6.45) is 0.431. The van der Waals surface area contributed by atoms with Crippen molar-refractivity contribution < 1.29 is 14.3 Å². The molecule has 0 radical (unpaired) electrons. The molecular weight excluding hydrogens is 316 g/mol. The number of carbonyl (C=O) groups is 1. The smallest absolute Gasteiger partial charge is 0.250 e. The molecule has 140 valence electrons. The molecule has 0 aliphatic carbocycles. The highest BCUT2D eigenvalue weighted by atomic mass is 16.5. The molecule has 5 heteroatoms. The fraction of sp³-hybridized carbons (Fsp3) is 0.650. The number of hydrogen-bond donors (Lipinski definition) is 2. The zero-order valence-electron chi connectivity index (χ0n) is 15.9. The molecule has 0 bridgehead atoms. The van der Waals surface area contributed by atoms with E-state index in [1.165, 1.54) is 0 Å². The van der Waals surface area contributed by atoms with Gasteiger partial charge in [-0.15, -0.1) is 0 Å². The van der Waals surface area contributed by atoms with Crippen molar-refractivity contribution >= 4 is 5.91 Å². The average molecular weight is 348 g/mol. The number of hydrogen-bond acceptors (Lipinski definition) is 4. The number of morpholine rings is 1. The van der Waals surface area contributed by atoms with E-state index in [0.717, 1.165) is 24.3 Å². The number of para-hydroxylation sites is 1. The summed E-state index contributed by atoms with van der Waals surface area (Å²) in [4.78, 5) is 12.6. The van der Waals surface area contributed by atoms with Crippen molar-refractivity contribution in [3.63, 3.8) is 0 Å². The summed E-state index contributed by atoms with van der Waals surface area (Å²) in [5.41, 5.74) is 1.04. The van der Waals surface area contributed by atoms with Crippen LogP contribution in [0.15, 0.2) is 24.3 Å². The first-order chi connectivity index (χ1) is 12.0. The van der Waals surface area contributed by atoms with E-state index in [1.54, 1.807) is 0 Å². The van der Waals surface area contributed by atoms with E-state index in [9.17, 15) is 4.79 Å². The molecule has 5 nitrogen and oxygen atoms in total. The van der Waals surface area contributed by atoms with Crippen molar-refractivity contribution in [1.82, 2.24) is 10.6 Å². The number of amides is 1. The predicted molar refractivity (Wildman–Crippen MR) is 99.7 cm³/mol. The summed E-state index contributed by atoms with van der Waals surface area (Å²) >= 11 is 0. The normalized spacial score (nSPS) is 19.0. The summed E-state index contributed by atoms with van der Waals surface area (Å²) in [6, 6.07) is 7.91. The summed E-state index contributed by atoms with van der Waals surface area (Å²) in [5.74, 6) is 1.70. The number of rotatable bonds is 8. The van der Waals surface area contributed by atoms with Crippen LogP contribution in [0.2, 0.25) is 0 Å². The third-order valence-electron chi connectivity index (χ3n) is 4.11. The third-order valence-corrected chi connectivity index (χ3v) is 4.11. The van der Waals surface area contributed by atoms with Gasteiger partial charge in [-0.2, -0.15) is 0 Å². The molecule has 2 rings (SSSR count). The van der Waals surface area contributed by atoms with Crippen molar-refractivity contribution in [3.05, 3.63) is 29.8 Å². The summed E-state index contributed by atoms with van der Waals surface area (Å²) in [7, 11) is 0.